The highest BCUT2D eigenvalue weighted by Crippen LogP contribution is 2.29. The Morgan fingerprint density at radius 3 is 1.37 bits per heavy atom. The molecular formula is C99H174N16O33. The Balaban J connectivity index is 1.90. The molecule has 2 rings (SSSR count). The van der Waals surface area contributed by atoms with Crippen LogP contribution in [0, 0.1) is 29.1 Å². The number of likely N-dealkylation sites (tertiary alicyclic amines) is 1. The molecule has 0 bridgehead atoms. The fraction of sp³-hybridized carbons (Fsp3) is 0.778. The van der Waals surface area contributed by atoms with Gasteiger partial charge in [-0.1, -0.05) is 106 Å². The zero-order chi connectivity index (χ0) is 110. The maximum atomic E-state index is 14.5. The fourth-order valence-electron chi connectivity index (χ4n) is 14.8. The fourth-order valence-corrected chi connectivity index (χ4v) is 14.8. The first-order valence-electron chi connectivity index (χ1n) is 51.1. The van der Waals surface area contributed by atoms with Crippen molar-refractivity contribution in [3.63, 3.8) is 0 Å². The van der Waals surface area contributed by atoms with Crippen LogP contribution in [0.4, 0.5) is 4.79 Å². The number of methoxy groups -OCH3 is 2. The van der Waals surface area contributed by atoms with Crippen molar-refractivity contribution in [3.8, 4) is 0 Å². The number of carbonyl (C=O) groups excluding carboxylic acids is 15. The Hall–Kier alpha value is -10.1. The summed E-state index contributed by atoms with van der Waals surface area (Å²) in [6, 6.07) is 2.68. The van der Waals surface area contributed by atoms with Crippen molar-refractivity contribution in [2.45, 2.75) is 201 Å². The van der Waals surface area contributed by atoms with Gasteiger partial charge in [0.2, 0.25) is 82.7 Å². The molecule has 3 unspecified atom stereocenters. The van der Waals surface area contributed by atoms with Gasteiger partial charge in [-0.2, -0.15) is 0 Å². The lowest BCUT2D eigenvalue weighted by Gasteiger charge is -2.40. The summed E-state index contributed by atoms with van der Waals surface area (Å²) in [4.78, 5) is 216. The summed E-state index contributed by atoms with van der Waals surface area (Å²) in [5.74, 6) is -10.8. The minimum absolute atomic E-state index is 0.00890. The number of carboxylic acid groups (broad SMARTS) is 1. The van der Waals surface area contributed by atoms with Crippen LogP contribution in [0.5, 0.6) is 0 Å². The average Bonchev–Trinajstić information content (AvgIpc) is 1.80. The highest BCUT2D eigenvalue weighted by atomic mass is 16.6. The van der Waals surface area contributed by atoms with Crippen LogP contribution in [0.2, 0.25) is 0 Å². The van der Waals surface area contributed by atoms with Crippen LogP contribution in [0.25, 0.3) is 0 Å². The van der Waals surface area contributed by atoms with Crippen molar-refractivity contribution in [2.75, 3.05) is 273 Å². The normalized spacial score (nSPS) is 14.5. The van der Waals surface area contributed by atoms with Gasteiger partial charge in [0.05, 0.1) is 223 Å². The molecule has 14 N–H and O–H groups in total. The van der Waals surface area contributed by atoms with E-state index in [0.29, 0.717) is 158 Å². The first kappa shape index (κ1) is 134. The molecule has 1 aliphatic rings. The molecular weight excluding hydrogens is 1940 g/mol. The molecule has 848 valence electrons. The summed E-state index contributed by atoms with van der Waals surface area (Å²) in [5, 5.41) is 42.5. The molecule has 1 aliphatic heterocycles. The summed E-state index contributed by atoms with van der Waals surface area (Å²) in [5.41, 5.74) is 0.696. The summed E-state index contributed by atoms with van der Waals surface area (Å²) in [6.45, 7) is 26.5. The molecule has 148 heavy (non-hydrogen) atoms. The van der Waals surface area contributed by atoms with Crippen LogP contribution in [0.3, 0.4) is 0 Å². The molecule has 11 atom stereocenters. The predicted molar refractivity (Wildman–Crippen MR) is 541 cm³/mol. The number of nitrogens with one attached hydrogen (secondary N) is 13. The van der Waals surface area contributed by atoms with Gasteiger partial charge in [-0.15, -0.1) is 0 Å². The summed E-state index contributed by atoms with van der Waals surface area (Å²) < 4.78 is 87.9. The molecule has 0 saturated carbocycles. The maximum absolute atomic E-state index is 14.5. The van der Waals surface area contributed by atoms with Gasteiger partial charge in [0.25, 0.3) is 0 Å². The third kappa shape index (κ3) is 65.1. The molecule has 49 heteroatoms. The molecule has 15 amide bonds. The minimum Gasteiger partial charge on any atom is -0.480 e. The van der Waals surface area contributed by atoms with Gasteiger partial charge in [-0.25, -0.2) is 9.59 Å². The lowest BCUT2D eigenvalue weighted by atomic mass is 9.89. The molecule has 0 spiro atoms. The number of likely N-dealkylation sites (N-methyl/N-ethyl adjacent to an activating group) is 2. The largest absolute Gasteiger partial charge is 0.480 e. The van der Waals surface area contributed by atoms with Crippen LogP contribution in [0.15, 0.2) is 30.3 Å². The highest BCUT2D eigenvalue weighted by Gasteiger charge is 2.42. The average molecular weight is 2120 g/mol. The smallest absolute Gasteiger partial charge is 0.407 e. The standard InChI is InChI=1S/C99H174N16O33/c1-17-71(6)91(114(14)96(129)89(69(2)3)112-95(128)90(70(4)5)113(12)13)79(134-16)62-88(124)115-34-21-24-75(115)60-72(7)92(125)111-77(61-74-22-19-18-20-23-74)93(126)102-33-37-147-73(8)108-82(118)26-25-76(97(130)131)109-83(119)28-31-103-98(132)148-67-78(110-87(123)66-107-86(122)65-106-85(121)64-105-84(120)63-104-80(116)27-30-100-81(117)29-35-146-68-99(9,10)11)94(127)101-32-36-135-40-41-137-44-45-139-48-49-141-52-53-143-56-57-145-59-58-144-55-54-142-51-50-140-47-46-138-43-42-136-39-38-133-15/h18-20,22-23,69-73,75-79,89-91H,17,21,24-68H2,1-16H3,(H,100,117)(H,101,127)(H,102,126)(H,103,132)(H,104,116)(H,105,120)(H,106,121)(H,107,122)(H,108,118)(H,109,119)(H,110,123)(H,111,125)(H,112,128)(H,130,131)/t71-,72+,73?,75-,76?,77-,78?,79+,89-,90-,91-/m0/s1. The number of ether oxygens (including phenoxy) is 16. The second-order valence-corrected chi connectivity index (χ2v) is 37.3. The SMILES string of the molecule is CC[C@H](C)[C@@H]([C@@H](CC(=O)N1CCC[C@H]1C[C@@H](C)C(=O)N[C@@H](Cc1ccccc1)C(=O)NCCOC(C)NC(=O)CCC(NC(=O)CCNC(=O)OCC(NC(=O)CNC(=O)CNC(=O)CNC(=O)CNC(=O)CCNC(=O)CCOCC(C)(C)C)C(=O)NCCOCCOCCOCCOCCOCCOCCOCCOCCOCCOCCOCCOC)C(=O)O)OC)N(C)C(=O)[C@@H](NC(=O)[C@H](C(C)C)N(C)C)C(C)C. The van der Waals surface area contributed by atoms with Crippen molar-refractivity contribution in [2.24, 2.45) is 29.1 Å². The first-order chi connectivity index (χ1) is 70.7. The van der Waals surface area contributed by atoms with Gasteiger partial charge >= 0.3 is 12.1 Å². The monoisotopic (exact) mass is 2120 g/mol. The number of nitrogens with zero attached hydrogens (tertiary/aromatic N) is 3. The van der Waals surface area contributed by atoms with Crippen molar-refractivity contribution in [1.82, 2.24) is 83.8 Å². The molecule has 49 nitrogen and oxygen atoms in total. The van der Waals surface area contributed by atoms with E-state index >= 15 is 0 Å². The van der Waals surface area contributed by atoms with Crippen LogP contribution in [0.1, 0.15) is 146 Å². The van der Waals surface area contributed by atoms with Crippen molar-refractivity contribution in [1.29, 1.82) is 0 Å². The summed E-state index contributed by atoms with van der Waals surface area (Å²) in [6.07, 6.45) is -1.80. The highest BCUT2D eigenvalue weighted by molar-refractivity contribution is 5.94. The Morgan fingerprint density at radius 2 is 0.899 bits per heavy atom. The number of rotatable bonds is 88. The zero-order valence-corrected chi connectivity index (χ0v) is 90.0. The quantitative estimate of drug-likeness (QED) is 0.0265. The Kier molecular flexibility index (Phi) is 74.0. The van der Waals surface area contributed by atoms with Gasteiger partial charge in [0.1, 0.15) is 37.0 Å². The lowest BCUT2D eigenvalue weighted by molar-refractivity contribution is -0.146. The minimum atomic E-state index is -1.60. The Bertz CT molecular complexity index is 3950. The Morgan fingerprint density at radius 1 is 0.446 bits per heavy atom. The van der Waals surface area contributed by atoms with Gasteiger partial charge in [0.15, 0.2) is 0 Å². The third-order valence-corrected chi connectivity index (χ3v) is 22.7. The van der Waals surface area contributed by atoms with E-state index in [-0.39, 0.29) is 151 Å². The zero-order valence-electron chi connectivity index (χ0n) is 90.0. The molecule has 1 saturated heterocycles. The van der Waals surface area contributed by atoms with E-state index in [9.17, 15) is 81.8 Å². The number of hydrogen-bond donors (Lipinski definition) is 14. The summed E-state index contributed by atoms with van der Waals surface area (Å²) in [7, 11) is 8.47. The van der Waals surface area contributed by atoms with E-state index in [4.69, 9.17) is 75.8 Å². The van der Waals surface area contributed by atoms with E-state index in [0.717, 1.165) is 5.56 Å². The van der Waals surface area contributed by atoms with E-state index in [1.165, 1.54) is 14.0 Å². The van der Waals surface area contributed by atoms with Crippen molar-refractivity contribution in [3.05, 3.63) is 35.9 Å². The molecule has 1 aromatic carbocycles. The van der Waals surface area contributed by atoms with Crippen LogP contribution < -0.4 is 69.1 Å². The van der Waals surface area contributed by atoms with Gasteiger partial charge in [-0.05, 0) is 75.4 Å². The van der Waals surface area contributed by atoms with Crippen LogP contribution >= 0.6 is 0 Å². The molecule has 1 aromatic rings. The van der Waals surface area contributed by atoms with Crippen molar-refractivity contribution >= 4 is 94.8 Å². The lowest BCUT2D eigenvalue weighted by Crippen LogP contribution is -2.59. The van der Waals surface area contributed by atoms with Gasteiger partial charge in [0, 0.05) is 98.1 Å². The van der Waals surface area contributed by atoms with E-state index in [1.807, 2.05) is 99.5 Å². The second-order valence-electron chi connectivity index (χ2n) is 37.3. The Labute approximate surface area is 871 Å². The van der Waals surface area contributed by atoms with E-state index in [1.54, 1.807) is 43.0 Å². The van der Waals surface area contributed by atoms with E-state index < -0.39 is 178 Å². The molecule has 0 aliphatic carbocycles. The number of aliphatic carboxylic acids is 1. The van der Waals surface area contributed by atoms with Crippen molar-refractivity contribution < 1.29 is 158 Å². The summed E-state index contributed by atoms with van der Waals surface area (Å²) >= 11 is 0. The van der Waals surface area contributed by atoms with Gasteiger partial charge < -0.3 is 160 Å². The number of carbonyl (C=O) groups is 16. The molecule has 0 radical (unpaired) electrons. The molecule has 1 fully saturated rings. The number of benzene rings is 1. The van der Waals surface area contributed by atoms with E-state index in [2.05, 4.69) is 69.1 Å². The third-order valence-electron chi connectivity index (χ3n) is 22.7. The predicted octanol–water partition coefficient (Wildman–Crippen LogP) is -1.35. The van der Waals surface area contributed by atoms with Crippen LogP contribution in [-0.2, 0) is 154 Å². The second kappa shape index (κ2) is 81.7. The van der Waals surface area contributed by atoms with Crippen LogP contribution in [-0.4, -0.2) is 442 Å². The first-order valence-corrected chi connectivity index (χ1v) is 51.1. The van der Waals surface area contributed by atoms with Gasteiger partial charge in [-0.3, -0.25) is 72.0 Å². The number of amides is 15. The topological polar surface area (TPSA) is 607 Å². The number of carboxylic acids is 1. The molecule has 0 aromatic heterocycles. The maximum Gasteiger partial charge on any atom is 0.407 e. The number of alkyl carbamates (subject to hydrolysis) is 1. The number of hydrogen-bond acceptors (Lipinski definition) is 33. The molecule has 1 heterocycles.